The SMILES string of the molecule is OB(Oc1ccccc1)Oc1cc(-c2ccccc2)nc(-c2ccccc2)c1. The van der Waals surface area contributed by atoms with E-state index in [2.05, 4.69) is 0 Å². The van der Waals surface area contributed by atoms with Gasteiger partial charge in [-0.15, -0.1) is 0 Å². The van der Waals surface area contributed by atoms with E-state index in [-0.39, 0.29) is 0 Å². The summed E-state index contributed by atoms with van der Waals surface area (Å²) in [5, 5.41) is 10.2. The van der Waals surface area contributed by atoms with Crippen molar-refractivity contribution in [3.63, 3.8) is 0 Å². The van der Waals surface area contributed by atoms with Crippen molar-refractivity contribution in [3.05, 3.63) is 103 Å². The van der Waals surface area contributed by atoms with Crippen LogP contribution in [0.15, 0.2) is 103 Å². The van der Waals surface area contributed by atoms with E-state index in [1.165, 1.54) is 0 Å². The number of hydrogen-bond acceptors (Lipinski definition) is 4. The molecule has 0 aliphatic heterocycles. The Bertz CT molecular complexity index is 970. The summed E-state index contributed by atoms with van der Waals surface area (Å²) < 4.78 is 11.1. The second-order valence-electron chi connectivity index (χ2n) is 6.16. The van der Waals surface area contributed by atoms with Crippen LogP contribution in [0.2, 0.25) is 0 Å². The van der Waals surface area contributed by atoms with Crippen LogP contribution in [-0.2, 0) is 0 Å². The van der Waals surface area contributed by atoms with Crippen molar-refractivity contribution >= 4 is 7.32 Å². The second-order valence-corrected chi connectivity index (χ2v) is 6.16. The van der Waals surface area contributed by atoms with Gasteiger partial charge in [-0.3, -0.25) is 0 Å². The van der Waals surface area contributed by atoms with Crippen molar-refractivity contribution in [1.29, 1.82) is 0 Å². The van der Waals surface area contributed by atoms with Gasteiger partial charge in [0.15, 0.2) is 0 Å². The molecular weight excluding hydrogens is 349 g/mol. The van der Waals surface area contributed by atoms with Crippen molar-refractivity contribution in [2.45, 2.75) is 0 Å². The van der Waals surface area contributed by atoms with Crippen molar-refractivity contribution in [3.8, 4) is 34.0 Å². The van der Waals surface area contributed by atoms with Crippen LogP contribution in [0.1, 0.15) is 0 Å². The molecule has 4 aromatic rings. The molecule has 0 bridgehead atoms. The van der Waals surface area contributed by atoms with Gasteiger partial charge in [-0.1, -0.05) is 78.9 Å². The minimum atomic E-state index is -1.43. The fourth-order valence-corrected chi connectivity index (χ4v) is 2.84. The van der Waals surface area contributed by atoms with Gasteiger partial charge >= 0.3 is 7.32 Å². The first kappa shape index (κ1) is 17.8. The molecule has 0 aliphatic rings. The van der Waals surface area contributed by atoms with Gasteiger partial charge in [0.05, 0.1) is 11.4 Å². The molecule has 0 saturated heterocycles. The maximum absolute atomic E-state index is 10.2. The first-order valence-electron chi connectivity index (χ1n) is 8.97. The normalized spacial score (nSPS) is 10.3. The molecule has 1 aromatic heterocycles. The fraction of sp³-hybridized carbons (Fsp3) is 0. The molecule has 0 unspecified atom stereocenters. The Morgan fingerprint density at radius 1 is 0.571 bits per heavy atom. The van der Waals surface area contributed by atoms with Crippen LogP contribution >= 0.6 is 0 Å². The average molecular weight is 367 g/mol. The molecule has 5 heteroatoms. The van der Waals surface area contributed by atoms with Gasteiger partial charge < -0.3 is 14.3 Å². The highest BCUT2D eigenvalue weighted by molar-refractivity contribution is 6.36. The Kier molecular flexibility index (Phi) is 5.36. The molecule has 136 valence electrons. The summed E-state index contributed by atoms with van der Waals surface area (Å²) in [6.07, 6.45) is 0. The summed E-state index contributed by atoms with van der Waals surface area (Å²) in [5.41, 5.74) is 3.43. The van der Waals surface area contributed by atoms with E-state index >= 15 is 0 Å². The van der Waals surface area contributed by atoms with Crippen LogP contribution in [-0.4, -0.2) is 17.3 Å². The van der Waals surface area contributed by atoms with E-state index < -0.39 is 7.32 Å². The van der Waals surface area contributed by atoms with E-state index in [0.29, 0.717) is 11.5 Å². The van der Waals surface area contributed by atoms with E-state index in [9.17, 15) is 5.02 Å². The third-order valence-electron chi connectivity index (χ3n) is 4.15. The summed E-state index contributed by atoms with van der Waals surface area (Å²) in [4.78, 5) is 4.76. The lowest BCUT2D eigenvalue weighted by molar-refractivity contribution is 0.298. The molecule has 1 heterocycles. The van der Waals surface area contributed by atoms with Crippen LogP contribution in [0.5, 0.6) is 11.5 Å². The number of rotatable bonds is 6. The van der Waals surface area contributed by atoms with Crippen molar-refractivity contribution in [1.82, 2.24) is 4.98 Å². The summed E-state index contributed by atoms with van der Waals surface area (Å²) >= 11 is 0. The summed E-state index contributed by atoms with van der Waals surface area (Å²) in [6.45, 7) is 0. The van der Waals surface area contributed by atoms with Gasteiger partial charge in [-0.2, -0.15) is 0 Å². The molecule has 1 N–H and O–H groups in total. The number of aromatic nitrogens is 1. The van der Waals surface area contributed by atoms with Crippen LogP contribution in [0.4, 0.5) is 0 Å². The van der Waals surface area contributed by atoms with Gasteiger partial charge in [0, 0.05) is 23.3 Å². The van der Waals surface area contributed by atoms with Crippen molar-refractivity contribution in [2.24, 2.45) is 0 Å². The van der Waals surface area contributed by atoms with Gasteiger partial charge in [0.1, 0.15) is 11.5 Å². The molecule has 28 heavy (non-hydrogen) atoms. The molecule has 0 amide bonds. The zero-order valence-electron chi connectivity index (χ0n) is 15.1. The first-order valence-corrected chi connectivity index (χ1v) is 8.97. The Morgan fingerprint density at radius 2 is 1.00 bits per heavy atom. The quantitative estimate of drug-likeness (QED) is 0.495. The highest BCUT2D eigenvalue weighted by Gasteiger charge is 2.22. The minimum absolute atomic E-state index is 0.469. The number of benzene rings is 3. The van der Waals surface area contributed by atoms with E-state index in [1.807, 2.05) is 78.9 Å². The zero-order valence-corrected chi connectivity index (χ0v) is 15.1. The standard InChI is InChI=1S/C23H18BNO3/c26-24(27-20-14-8-3-9-15-20)28-21-16-22(18-10-4-1-5-11-18)25-23(17-21)19-12-6-2-7-13-19/h1-17,26H. The minimum Gasteiger partial charge on any atom is -0.501 e. The Labute approximate surface area is 164 Å². The molecule has 0 atom stereocenters. The maximum atomic E-state index is 10.2. The third-order valence-corrected chi connectivity index (χ3v) is 4.15. The number of para-hydroxylation sites is 1. The molecule has 0 radical (unpaired) electrons. The fourth-order valence-electron chi connectivity index (χ4n) is 2.84. The number of nitrogens with zero attached hydrogens (tertiary/aromatic N) is 1. The van der Waals surface area contributed by atoms with Gasteiger partial charge in [0.2, 0.25) is 0 Å². The lowest BCUT2D eigenvalue weighted by Crippen LogP contribution is -2.29. The number of pyridine rings is 1. The molecular formula is C23H18BNO3. The molecule has 4 nitrogen and oxygen atoms in total. The van der Waals surface area contributed by atoms with Crippen molar-refractivity contribution in [2.75, 3.05) is 0 Å². The summed E-state index contributed by atoms with van der Waals surface area (Å²) in [6, 6.07) is 32.3. The average Bonchev–Trinajstić information content (AvgIpc) is 2.75. The van der Waals surface area contributed by atoms with Crippen molar-refractivity contribution < 1.29 is 14.3 Å². The predicted molar refractivity (Wildman–Crippen MR) is 111 cm³/mol. The van der Waals surface area contributed by atoms with Crippen LogP contribution in [0.25, 0.3) is 22.5 Å². The Balaban J connectivity index is 1.66. The lowest BCUT2D eigenvalue weighted by atomic mass is 10.1. The molecule has 3 aromatic carbocycles. The molecule has 0 fully saturated rings. The Hall–Kier alpha value is -3.57. The lowest BCUT2D eigenvalue weighted by Gasteiger charge is -2.13. The number of hydrogen-bond donors (Lipinski definition) is 1. The molecule has 0 spiro atoms. The predicted octanol–water partition coefficient (Wildman–Crippen LogP) is 4.85. The monoisotopic (exact) mass is 367 g/mol. The Morgan fingerprint density at radius 3 is 1.50 bits per heavy atom. The largest absolute Gasteiger partial charge is 0.785 e. The molecule has 0 saturated carbocycles. The highest BCUT2D eigenvalue weighted by Crippen LogP contribution is 2.28. The molecule has 4 rings (SSSR count). The van der Waals surface area contributed by atoms with Gasteiger partial charge in [-0.05, 0) is 12.1 Å². The van der Waals surface area contributed by atoms with Gasteiger partial charge in [0.25, 0.3) is 0 Å². The zero-order chi connectivity index (χ0) is 19.2. The smallest absolute Gasteiger partial charge is 0.501 e. The van der Waals surface area contributed by atoms with Crippen LogP contribution in [0.3, 0.4) is 0 Å². The second kappa shape index (κ2) is 8.42. The maximum Gasteiger partial charge on any atom is 0.785 e. The highest BCUT2D eigenvalue weighted by atomic mass is 16.7. The molecule has 0 aliphatic carbocycles. The van der Waals surface area contributed by atoms with Crippen LogP contribution < -0.4 is 9.31 Å². The summed E-state index contributed by atoms with van der Waals surface area (Å²) in [5.74, 6) is 0.992. The van der Waals surface area contributed by atoms with E-state index in [0.717, 1.165) is 22.5 Å². The van der Waals surface area contributed by atoms with Crippen LogP contribution in [0, 0.1) is 0 Å². The topological polar surface area (TPSA) is 51.6 Å². The van der Waals surface area contributed by atoms with Gasteiger partial charge in [-0.25, -0.2) is 4.98 Å². The van der Waals surface area contributed by atoms with E-state index in [4.69, 9.17) is 14.3 Å². The third kappa shape index (κ3) is 4.39. The summed E-state index contributed by atoms with van der Waals surface area (Å²) in [7, 11) is -1.43. The first-order chi connectivity index (χ1) is 13.8. The van der Waals surface area contributed by atoms with E-state index in [1.54, 1.807) is 24.3 Å².